The number of fused-ring (bicyclic) bond motifs is 1. The van der Waals surface area contributed by atoms with Gasteiger partial charge in [-0.25, -0.2) is 22.7 Å². The van der Waals surface area contributed by atoms with Crippen LogP contribution in [0.25, 0.3) is 0 Å². The summed E-state index contributed by atoms with van der Waals surface area (Å²) in [7, 11) is 0.397. The number of anilines is 2. The first-order valence-corrected chi connectivity index (χ1v) is 12.5. The molecule has 31 heavy (non-hydrogen) atoms. The first-order chi connectivity index (χ1) is 14.7. The monoisotopic (exact) mass is 443 g/mol. The fourth-order valence-electron chi connectivity index (χ4n) is 4.43. The predicted molar refractivity (Wildman–Crippen MR) is 121 cm³/mol. The van der Waals surface area contributed by atoms with E-state index in [1.807, 2.05) is 26.2 Å². The summed E-state index contributed by atoms with van der Waals surface area (Å²) in [6.07, 6.45) is 7.69. The first kappa shape index (κ1) is 21.7. The number of nitrogens with one attached hydrogen (secondary N) is 1. The molecule has 1 aliphatic carbocycles. The van der Waals surface area contributed by atoms with Crippen LogP contribution in [0, 0.1) is 0 Å². The van der Waals surface area contributed by atoms with Crippen molar-refractivity contribution in [3.8, 4) is 0 Å². The zero-order chi connectivity index (χ0) is 22.2. The van der Waals surface area contributed by atoms with Gasteiger partial charge in [0.25, 0.3) is 5.91 Å². The topological polar surface area (TPSA) is 95.5 Å². The SMILES string of the molecule is CN(C)c1ncc(C(=O)Nc2cccc3c2CCCC3)c(C2CCN(S(C)(=O)=O)C2)n1. The van der Waals surface area contributed by atoms with Crippen LogP contribution in [0.5, 0.6) is 0 Å². The van der Waals surface area contributed by atoms with Crippen molar-refractivity contribution in [2.75, 3.05) is 43.7 Å². The molecule has 4 rings (SSSR count). The second-order valence-electron chi connectivity index (χ2n) is 8.57. The van der Waals surface area contributed by atoms with Crippen LogP contribution < -0.4 is 10.2 Å². The summed E-state index contributed by atoms with van der Waals surface area (Å²) in [6.45, 7) is 0.752. The molecular weight excluding hydrogens is 414 g/mol. The summed E-state index contributed by atoms with van der Waals surface area (Å²) in [6, 6.07) is 6.05. The number of carbonyl (C=O) groups is 1. The van der Waals surface area contributed by atoms with E-state index in [-0.39, 0.29) is 11.8 Å². The Balaban J connectivity index is 1.66. The maximum Gasteiger partial charge on any atom is 0.259 e. The van der Waals surface area contributed by atoms with Gasteiger partial charge >= 0.3 is 0 Å². The molecule has 1 aromatic carbocycles. The molecule has 166 valence electrons. The molecule has 1 saturated heterocycles. The highest BCUT2D eigenvalue weighted by Gasteiger charge is 2.33. The highest BCUT2D eigenvalue weighted by molar-refractivity contribution is 7.88. The Bertz CT molecular complexity index is 1100. The van der Waals surface area contributed by atoms with Crippen LogP contribution in [0.2, 0.25) is 0 Å². The summed E-state index contributed by atoms with van der Waals surface area (Å²) in [5.41, 5.74) is 4.35. The van der Waals surface area contributed by atoms with Gasteiger partial charge in [0.1, 0.15) is 0 Å². The lowest BCUT2D eigenvalue weighted by Gasteiger charge is -2.21. The maximum atomic E-state index is 13.3. The molecular formula is C22H29N5O3S. The van der Waals surface area contributed by atoms with Crippen molar-refractivity contribution >= 4 is 27.6 Å². The highest BCUT2D eigenvalue weighted by atomic mass is 32.2. The van der Waals surface area contributed by atoms with Crippen LogP contribution in [0.3, 0.4) is 0 Å². The van der Waals surface area contributed by atoms with Gasteiger partial charge in [0.15, 0.2) is 0 Å². The molecule has 2 heterocycles. The van der Waals surface area contributed by atoms with Crippen molar-refractivity contribution in [3.63, 3.8) is 0 Å². The van der Waals surface area contributed by atoms with E-state index in [9.17, 15) is 13.2 Å². The van der Waals surface area contributed by atoms with Crippen molar-refractivity contribution in [2.45, 2.75) is 38.0 Å². The quantitative estimate of drug-likeness (QED) is 0.763. The summed E-state index contributed by atoms with van der Waals surface area (Å²) in [5, 5.41) is 3.08. The van der Waals surface area contributed by atoms with Gasteiger partial charge in [-0.2, -0.15) is 0 Å². The standard InChI is InChI=1S/C22H29N5O3S/c1-26(2)22-23-13-18(20(25-22)16-11-12-27(14-16)31(3,29)30)21(28)24-19-10-6-8-15-7-4-5-9-17(15)19/h6,8,10,13,16H,4-5,7,9,11-12,14H2,1-3H3,(H,24,28). The van der Waals surface area contributed by atoms with E-state index >= 15 is 0 Å². The molecule has 1 amide bonds. The lowest BCUT2D eigenvalue weighted by atomic mass is 9.90. The van der Waals surface area contributed by atoms with E-state index in [2.05, 4.69) is 21.4 Å². The minimum Gasteiger partial charge on any atom is -0.347 e. The van der Waals surface area contributed by atoms with Crippen molar-refractivity contribution in [2.24, 2.45) is 0 Å². The second-order valence-corrected chi connectivity index (χ2v) is 10.6. The van der Waals surface area contributed by atoms with Gasteiger partial charge in [0.2, 0.25) is 16.0 Å². The number of amides is 1. The Morgan fingerprint density at radius 3 is 2.71 bits per heavy atom. The fraction of sp³-hybridized carbons (Fsp3) is 0.500. The molecule has 1 atom stereocenters. The molecule has 1 unspecified atom stereocenters. The number of hydrogen-bond acceptors (Lipinski definition) is 6. The third kappa shape index (κ3) is 4.57. The van der Waals surface area contributed by atoms with Crippen molar-refractivity contribution in [1.29, 1.82) is 0 Å². The van der Waals surface area contributed by atoms with E-state index in [1.165, 1.54) is 28.1 Å². The summed E-state index contributed by atoms with van der Waals surface area (Å²) >= 11 is 0. The molecule has 0 saturated carbocycles. The average molecular weight is 444 g/mol. The molecule has 1 fully saturated rings. The highest BCUT2D eigenvalue weighted by Crippen LogP contribution is 2.32. The largest absolute Gasteiger partial charge is 0.347 e. The Labute approximate surface area is 183 Å². The van der Waals surface area contributed by atoms with Crippen LogP contribution in [0.1, 0.15) is 52.4 Å². The Morgan fingerprint density at radius 2 is 2.00 bits per heavy atom. The third-order valence-corrected chi connectivity index (χ3v) is 7.37. The number of benzene rings is 1. The number of aromatic nitrogens is 2. The molecule has 1 aliphatic heterocycles. The second kappa shape index (κ2) is 8.55. The Morgan fingerprint density at radius 1 is 1.23 bits per heavy atom. The van der Waals surface area contributed by atoms with E-state index < -0.39 is 10.0 Å². The molecule has 9 heteroatoms. The van der Waals surface area contributed by atoms with Crippen LogP contribution >= 0.6 is 0 Å². The Hall–Kier alpha value is -2.52. The van der Waals surface area contributed by atoms with Gasteiger partial charge in [-0.3, -0.25) is 4.79 Å². The average Bonchev–Trinajstić information content (AvgIpc) is 3.24. The lowest BCUT2D eigenvalue weighted by molar-refractivity contribution is 0.102. The molecule has 0 radical (unpaired) electrons. The zero-order valence-corrected chi connectivity index (χ0v) is 19.1. The maximum absolute atomic E-state index is 13.3. The first-order valence-electron chi connectivity index (χ1n) is 10.7. The number of aryl methyl sites for hydroxylation is 1. The Kier molecular flexibility index (Phi) is 5.98. The summed E-state index contributed by atoms with van der Waals surface area (Å²) in [4.78, 5) is 24.1. The van der Waals surface area contributed by atoms with Crippen LogP contribution in [0.15, 0.2) is 24.4 Å². The normalized spacial score (nSPS) is 19.1. The molecule has 1 N–H and O–H groups in total. The molecule has 1 aromatic heterocycles. The summed E-state index contributed by atoms with van der Waals surface area (Å²) < 4.78 is 25.4. The van der Waals surface area contributed by atoms with Crippen LogP contribution in [-0.4, -0.2) is 62.0 Å². The predicted octanol–water partition coefficient (Wildman–Crippen LogP) is 2.42. The van der Waals surface area contributed by atoms with Gasteiger partial charge in [0, 0.05) is 45.0 Å². The number of rotatable bonds is 5. The van der Waals surface area contributed by atoms with Crippen LogP contribution in [-0.2, 0) is 22.9 Å². The molecule has 8 nitrogen and oxygen atoms in total. The smallest absolute Gasteiger partial charge is 0.259 e. The molecule has 2 aromatic rings. The summed E-state index contributed by atoms with van der Waals surface area (Å²) in [5.74, 6) is 0.0976. The lowest BCUT2D eigenvalue weighted by Crippen LogP contribution is -2.28. The van der Waals surface area contributed by atoms with E-state index in [0.29, 0.717) is 36.7 Å². The van der Waals surface area contributed by atoms with Gasteiger partial charge in [-0.1, -0.05) is 12.1 Å². The van der Waals surface area contributed by atoms with E-state index in [0.717, 1.165) is 24.9 Å². The van der Waals surface area contributed by atoms with E-state index in [1.54, 1.807) is 11.1 Å². The minimum atomic E-state index is -3.28. The molecule has 0 bridgehead atoms. The minimum absolute atomic E-state index is 0.151. The number of nitrogens with zero attached hydrogens (tertiary/aromatic N) is 4. The van der Waals surface area contributed by atoms with Gasteiger partial charge in [-0.05, 0) is 49.3 Å². The van der Waals surface area contributed by atoms with Gasteiger partial charge < -0.3 is 10.2 Å². The number of carbonyl (C=O) groups excluding carboxylic acids is 1. The van der Waals surface area contributed by atoms with Crippen LogP contribution in [0.4, 0.5) is 11.6 Å². The number of sulfonamides is 1. The molecule has 0 spiro atoms. The zero-order valence-electron chi connectivity index (χ0n) is 18.3. The van der Waals surface area contributed by atoms with Crippen molar-refractivity contribution in [3.05, 3.63) is 46.8 Å². The third-order valence-electron chi connectivity index (χ3n) is 6.10. The molecule has 2 aliphatic rings. The van der Waals surface area contributed by atoms with Crippen molar-refractivity contribution in [1.82, 2.24) is 14.3 Å². The number of hydrogen-bond donors (Lipinski definition) is 1. The van der Waals surface area contributed by atoms with Gasteiger partial charge in [0.05, 0.1) is 17.5 Å². The van der Waals surface area contributed by atoms with Gasteiger partial charge in [-0.15, -0.1) is 0 Å². The van der Waals surface area contributed by atoms with Crippen molar-refractivity contribution < 1.29 is 13.2 Å². The van der Waals surface area contributed by atoms with E-state index in [4.69, 9.17) is 0 Å². The fourth-order valence-corrected chi connectivity index (χ4v) is 5.32.